The van der Waals surface area contributed by atoms with Gasteiger partial charge >= 0.3 is 0 Å². The van der Waals surface area contributed by atoms with E-state index in [9.17, 15) is 0 Å². The van der Waals surface area contributed by atoms with Crippen LogP contribution < -0.4 is 11.5 Å². The van der Waals surface area contributed by atoms with Gasteiger partial charge in [0, 0.05) is 10.6 Å². The van der Waals surface area contributed by atoms with Crippen molar-refractivity contribution in [2.24, 2.45) is 0 Å². The van der Waals surface area contributed by atoms with E-state index in [-0.39, 0.29) is 11.9 Å². The summed E-state index contributed by atoms with van der Waals surface area (Å²) in [5, 5.41) is 8.97. The zero-order valence-electron chi connectivity index (χ0n) is 11.1. The van der Waals surface area contributed by atoms with Crippen LogP contribution in [0.1, 0.15) is 5.82 Å². The third-order valence-electron chi connectivity index (χ3n) is 2.54. The molecule has 0 aliphatic heterocycles. The molecular weight excluding hydrogens is 326 g/mol. The second-order valence-electron chi connectivity index (χ2n) is 4.14. The van der Waals surface area contributed by atoms with E-state index in [2.05, 4.69) is 25.1 Å². The number of hydrogen-bond acceptors (Lipinski definition) is 9. The van der Waals surface area contributed by atoms with Gasteiger partial charge in [-0.2, -0.15) is 15.0 Å². The van der Waals surface area contributed by atoms with Crippen LogP contribution in [0.15, 0.2) is 33.9 Å². The Kier molecular flexibility index (Phi) is 4.07. The summed E-state index contributed by atoms with van der Waals surface area (Å²) in [5.74, 6) is 1.40. The number of nitrogens with two attached hydrogens (primary N) is 2. The topological polar surface area (TPSA) is 130 Å². The fraction of sp³-hybridized carbons (Fsp3) is 0.0833. The lowest BCUT2D eigenvalue weighted by Crippen LogP contribution is -2.05. The van der Waals surface area contributed by atoms with Crippen molar-refractivity contribution in [3.8, 4) is 11.5 Å². The van der Waals surface area contributed by atoms with Gasteiger partial charge in [0.1, 0.15) is 5.82 Å². The number of aromatic nitrogens is 5. The Bertz CT molecular complexity index is 772. The van der Waals surface area contributed by atoms with Crippen molar-refractivity contribution in [1.29, 1.82) is 0 Å². The summed E-state index contributed by atoms with van der Waals surface area (Å²) in [6.07, 6.45) is 0. The standard InChI is InChI=1S/C12H10ClN7OS/c13-7-3-1-6(2-4-7)9-19-20-12(21-9)22-5-8-16-10(14)18-11(15)17-8/h1-4H,5H2,(H4,14,15,16,17,18). The molecule has 4 N–H and O–H groups in total. The van der Waals surface area contributed by atoms with E-state index < -0.39 is 0 Å². The first-order valence-electron chi connectivity index (χ1n) is 6.08. The fourth-order valence-corrected chi connectivity index (χ4v) is 2.37. The first kappa shape index (κ1) is 14.5. The van der Waals surface area contributed by atoms with E-state index in [1.54, 1.807) is 24.3 Å². The monoisotopic (exact) mass is 335 g/mol. The van der Waals surface area contributed by atoms with Crippen LogP contribution in [0.4, 0.5) is 11.9 Å². The zero-order chi connectivity index (χ0) is 15.5. The lowest BCUT2D eigenvalue weighted by atomic mass is 10.2. The highest BCUT2D eigenvalue weighted by Gasteiger charge is 2.10. The van der Waals surface area contributed by atoms with Crippen molar-refractivity contribution in [3.05, 3.63) is 35.1 Å². The van der Waals surface area contributed by atoms with Crippen LogP contribution in [-0.2, 0) is 5.75 Å². The van der Waals surface area contributed by atoms with Gasteiger partial charge < -0.3 is 15.9 Å². The molecule has 0 aliphatic carbocycles. The number of benzene rings is 1. The predicted octanol–water partition coefficient (Wildman–Crippen LogP) is 2.03. The number of nitrogens with zero attached hydrogens (tertiary/aromatic N) is 5. The maximum absolute atomic E-state index is 5.84. The summed E-state index contributed by atoms with van der Waals surface area (Å²) < 4.78 is 5.56. The average molecular weight is 336 g/mol. The van der Waals surface area contributed by atoms with Gasteiger partial charge in [0.05, 0.1) is 5.75 Å². The summed E-state index contributed by atoms with van der Waals surface area (Å²) in [5.41, 5.74) is 11.8. The molecule has 0 fully saturated rings. The predicted molar refractivity (Wildman–Crippen MR) is 83.0 cm³/mol. The molecule has 112 valence electrons. The van der Waals surface area contributed by atoms with Gasteiger partial charge in [0.25, 0.3) is 5.22 Å². The number of thioether (sulfide) groups is 1. The zero-order valence-corrected chi connectivity index (χ0v) is 12.7. The Hall–Kier alpha value is -2.39. The van der Waals surface area contributed by atoms with Crippen LogP contribution in [-0.4, -0.2) is 25.1 Å². The lowest BCUT2D eigenvalue weighted by molar-refractivity contribution is 0.465. The molecule has 0 saturated carbocycles. The van der Waals surface area contributed by atoms with Gasteiger partial charge in [0.15, 0.2) is 0 Å². The molecule has 10 heteroatoms. The highest BCUT2D eigenvalue weighted by Crippen LogP contribution is 2.25. The Morgan fingerprint density at radius 3 is 2.36 bits per heavy atom. The third kappa shape index (κ3) is 3.43. The summed E-state index contributed by atoms with van der Waals surface area (Å²) >= 11 is 7.12. The molecule has 22 heavy (non-hydrogen) atoms. The molecule has 1 aromatic carbocycles. The van der Waals surface area contributed by atoms with Crippen LogP contribution in [0, 0.1) is 0 Å². The van der Waals surface area contributed by atoms with Crippen molar-refractivity contribution >= 4 is 35.3 Å². The molecule has 3 aromatic rings. The summed E-state index contributed by atoms with van der Waals surface area (Å²) in [6.45, 7) is 0. The molecular formula is C12H10ClN7OS. The largest absolute Gasteiger partial charge is 0.411 e. The quantitative estimate of drug-likeness (QED) is 0.687. The van der Waals surface area contributed by atoms with Crippen molar-refractivity contribution in [3.63, 3.8) is 0 Å². The number of hydrogen-bond donors (Lipinski definition) is 2. The van der Waals surface area contributed by atoms with E-state index in [4.69, 9.17) is 27.5 Å². The minimum Gasteiger partial charge on any atom is -0.411 e. The van der Waals surface area contributed by atoms with Crippen molar-refractivity contribution in [2.75, 3.05) is 11.5 Å². The van der Waals surface area contributed by atoms with Crippen LogP contribution in [0.25, 0.3) is 11.5 Å². The molecule has 0 spiro atoms. The maximum atomic E-state index is 5.84. The van der Waals surface area contributed by atoms with Gasteiger partial charge in [-0.1, -0.05) is 23.4 Å². The van der Waals surface area contributed by atoms with Crippen molar-refractivity contribution in [1.82, 2.24) is 25.1 Å². The second-order valence-corrected chi connectivity index (χ2v) is 5.50. The minimum absolute atomic E-state index is 0.0792. The maximum Gasteiger partial charge on any atom is 0.277 e. The van der Waals surface area contributed by atoms with Gasteiger partial charge in [-0.05, 0) is 24.3 Å². The second kappa shape index (κ2) is 6.16. The fourth-order valence-electron chi connectivity index (χ4n) is 1.62. The SMILES string of the molecule is Nc1nc(N)nc(CSc2nnc(-c3ccc(Cl)cc3)o2)n1. The number of nitrogen functional groups attached to an aromatic ring is 2. The average Bonchev–Trinajstić information content (AvgIpc) is 2.94. The Morgan fingerprint density at radius 2 is 1.68 bits per heavy atom. The van der Waals surface area contributed by atoms with E-state index in [1.165, 1.54) is 11.8 Å². The molecule has 0 saturated heterocycles. The van der Waals surface area contributed by atoms with E-state index >= 15 is 0 Å². The van der Waals surface area contributed by atoms with E-state index in [0.717, 1.165) is 5.56 Å². The van der Waals surface area contributed by atoms with Crippen LogP contribution in [0.3, 0.4) is 0 Å². The summed E-state index contributed by atoms with van der Waals surface area (Å²) in [6, 6.07) is 7.11. The van der Waals surface area contributed by atoms with Gasteiger partial charge in [0.2, 0.25) is 17.8 Å². The van der Waals surface area contributed by atoms with Gasteiger partial charge in [-0.25, -0.2) is 0 Å². The molecule has 0 radical (unpaired) electrons. The molecule has 0 atom stereocenters. The highest BCUT2D eigenvalue weighted by molar-refractivity contribution is 7.98. The normalized spacial score (nSPS) is 10.8. The van der Waals surface area contributed by atoms with Crippen LogP contribution in [0.5, 0.6) is 0 Å². The molecule has 8 nitrogen and oxygen atoms in total. The first-order valence-corrected chi connectivity index (χ1v) is 7.44. The molecule has 0 amide bonds. The highest BCUT2D eigenvalue weighted by atomic mass is 35.5. The molecule has 2 aromatic heterocycles. The van der Waals surface area contributed by atoms with Crippen molar-refractivity contribution in [2.45, 2.75) is 11.0 Å². The minimum atomic E-state index is 0.0792. The first-order chi connectivity index (χ1) is 10.6. The van der Waals surface area contributed by atoms with Gasteiger partial charge in [-0.15, -0.1) is 10.2 Å². The van der Waals surface area contributed by atoms with E-state index in [1.807, 2.05) is 0 Å². The van der Waals surface area contributed by atoms with Crippen LogP contribution >= 0.6 is 23.4 Å². The Morgan fingerprint density at radius 1 is 1.00 bits per heavy atom. The Labute approximate surface area is 134 Å². The van der Waals surface area contributed by atoms with Crippen LogP contribution in [0.2, 0.25) is 5.02 Å². The summed E-state index contributed by atoms with van der Waals surface area (Å²) in [4.78, 5) is 11.6. The molecule has 0 aliphatic rings. The van der Waals surface area contributed by atoms with Crippen molar-refractivity contribution < 1.29 is 4.42 Å². The third-order valence-corrected chi connectivity index (χ3v) is 3.61. The molecule has 0 bridgehead atoms. The number of anilines is 2. The molecule has 3 rings (SSSR count). The Balaban J connectivity index is 1.70. The molecule has 2 heterocycles. The summed E-state index contributed by atoms with van der Waals surface area (Å²) in [7, 11) is 0. The number of halogens is 1. The lowest BCUT2D eigenvalue weighted by Gasteiger charge is -1.99. The van der Waals surface area contributed by atoms with Gasteiger partial charge in [-0.3, -0.25) is 0 Å². The molecule has 0 unspecified atom stereocenters. The smallest absolute Gasteiger partial charge is 0.277 e. The number of rotatable bonds is 4. The van der Waals surface area contributed by atoms with E-state index in [0.29, 0.717) is 27.7 Å².